The van der Waals surface area contributed by atoms with E-state index in [1.165, 1.54) is 11.3 Å². The first-order valence-electron chi connectivity index (χ1n) is 7.92. The Morgan fingerprint density at radius 2 is 2.25 bits per heavy atom. The first-order chi connectivity index (χ1) is 11.1. The first kappa shape index (κ1) is 19.1. The molecule has 1 N–H and O–H groups in total. The monoisotopic (exact) mass is 371 g/mol. The fourth-order valence-corrected chi connectivity index (χ4v) is 5.31. The van der Waals surface area contributed by atoms with E-state index in [1.807, 2.05) is 10.3 Å². The van der Waals surface area contributed by atoms with Gasteiger partial charge in [0.2, 0.25) is 5.91 Å². The molecule has 0 spiro atoms. The molecule has 0 radical (unpaired) electrons. The van der Waals surface area contributed by atoms with E-state index in [0.717, 1.165) is 5.69 Å². The number of carbonyl (C=O) groups excluding carboxylic acids is 1. The SMILES string of the molecule is C=CCN(CC(=O)Nc1nc(C(C)(C)C)cs1)C1CCS(=O)(=O)C1. The van der Waals surface area contributed by atoms with Gasteiger partial charge in [-0.05, 0) is 6.42 Å². The first-order valence-corrected chi connectivity index (χ1v) is 10.6. The summed E-state index contributed by atoms with van der Waals surface area (Å²) in [6, 6.07) is -0.125. The van der Waals surface area contributed by atoms with E-state index < -0.39 is 9.84 Å². The summed E-state index contributed by atoms with van der Waals surface area (Å²) in [5.41, 5.74) is 0.875. The number of nitrogens with zero attached hydrogens (tertiary/aromatic N) is 2. The minimum Gasteiger partial charge on any atom is -0.301 e. The largest absolute Gasteiger partial charge is 0.301 e. The van der Waals surface area contributed by atoms with Gasteiger partial charge in [0.15, 0.2) is 15.0 Å². The predicted octanol–water partition coefficient (Wildman–Crippen LogP) is 2.05. The van der Waals surface area contributed by atoms with E-state index in [9.17, 15) is 13.2 Å². The van der Waals surface area contributed by atoms with E-state index in [-0.39, 0.29) is 35.4 Å². The quantitative estimate of drug-likeness (QED) is 0.774. The van der Waals surface area contributed by atoms with Gasteiger partial charge in [0.25, 0.3) is 0 Å². The van der Waals surface area contributed by atoms with Crippen LogP contribution in [0.25, 0.3) is 0 Å². The van der Waals surface area contributed by atoms with Gasteiger partial charge in [-0.15, -0.1) is 17.9 Å². The number of hydrogen-bond acceptors (Lipinski definition) is 6. The summed E-state index contributed by atoms with van der Waals surface area (Å²) in [5, 5.41) is 5.33. The zero-order valence-electron chi connectivity index (χ0n) is 14.4. The molecule has 8 heteroatoms. The number of sulfone groups is 1. The fraction of sp³-hybridized carbons (Fsp3) is 0.625. The standard InChI is InChI=1S/C16H25N3O3S2/c1-5-7-19(12-6-8-24(21,22)11-12)9-14(20)18-15-17-13(10-23-15)16(2,3)4/h5,10,12H,1,6-9,11H2,2-4H3,(H,17,18,20). The van der Waals surface area contributed by atoms with Crippen LogP contribution >= 0.6 is 11.3 Å². The zero-order valence-corrected chi connectivity index (χ0v) is 16.0. The molecule has 1 aromatic rings. The molecule has 0 bridgehead atoms. The van der Waals surface area contributed by atoms with E-state index in [0.29, 0.717) is 18.1 Å². The van der Waals surface area contributed by atoms with Crippen molar-refractivity contribution in [2.45, 2.75) is 38.6 Å². The third-order valence-electron chi connectivity index (χ3n) is 3.95. The molecular formula is C16H25N3O3S2. The molecule has 24 heavy (non-hydrogen) atoms. The average Bonchev–Trinajstić information content (AvgIpc) is 3.04. The van der Waals surface area contributed by atoms with Gasteiger partial charge in [0.05, 0.1) is 23.7 Å². The van der Waals surface area contributed by atoms with Gasteiger partial charge in [-0.3, -0.25) is 9.69 Å². The molecular weight excluding hydrogens is 346 g/mol. The van der Waals surface area contributed by atoms with Crippen LogP contribution in [0.2, 0.25) is 0 Å². The van der Waals surface area contributed by atoms with E-state index in [1.54, 1.807) is 6.08 Å². The fourth-order valence-electron chi connectivity index (χ4n) is 2.59. The van der Waals surface area contributed by atoms with E-state index in [2.05, 4.69) is 37.7 Å². The Kier molecular flexibility index (Phi) is 5.83. The second kappa shape index (κ2) is 7.33. The normalized spacial score (nSPS) is 20.2. The Morgan fingerprint density at radius 1 is 1.54 bits per heavy atom. The van der Waals surface area contributed by atoms with Gasteiger partial charge in [-0.2, -0.15) is 0 Å². The van der Waals surface area contributed by atoms with Gasteiger partial charge in [-0.1, -0.05) is 26.8 Å². The minimum atomic E-state index is -2.98. The van der Waals surface area contributed by atoms with Crippen molar-refractivity contribution in [3.8, 4) is 0 Å². The van der Waals surface area contributed by atoms with Crippen LogP contribution in [0.5, 0.6) is 0 Å². The van der Waals surface area contributed by atoms with E-state index >= 15 is 0 Å². The van der Waals surface area contributed by atoms with Crippen LogP contribution in [0.3, 0.4) is 0 Å². The molecule has 1 aromatic heterocycles. The topological polar surface area (TPSA) is 79.4 Å². The highest BCUT2D eigenvalue weighted by atomic mass is 32.2. The highest BCUT2D eigenvalue weighted by molar-refractivity contribution is 7.91. The van der Waals surface area contributed by atoms with Crippen LogP contribution in [-0.2, 0) is 20.0 Å². The molecule has 1 aliphatic heterocycles. The lowest BCUT2D eigenvalue weighted by molar-refractivity contribution is -0.117. The van der Waals surface area contributed by atoms with Gasteiger partial charge < -0.3 is 5.32 Å². The van der Waals surface area contributed by atoms with Gasteiger partial charge >= 0.3 is 0 Å². The molecule has 1 amide bonds. The maximum Gasteiger partial charge on any atom is 0.240 e. The Morgan fingerprint density at radius 3 is 2.75 bits per heavy atom. The van der Waals surface area contributed by atoms with Crippen molar-refractivity contribution in [2.75, 3.05) is 29.9 Å². The summed E-state index contributed by atoms with van der Waals surface area (Å²) >= 11 is 1.40. The Hall–Kier alpha value is -1.25. The minimum absolute atomic E-state index is 0.0629. The van der Waals surface area contributed by atoms with Gasteiger partial charge in [-0.25, -0.2) is 13.4 Å². The Balaban J connectivity index is 1.98. The van der Waals surface area contributed by atoms with Crippen molar-refractivity contribution in [3.05, 3.63) is 23.7 Å². The summed E-state index contributed by atoms with van der Waals surface area (Å²) in [6.45, 7) is 10.5. The molecule has 1 fully saturated rings. The molecule has 0 aliphatic carbocycles. The smallest absolute Gasteiger partial charge is 0.240 e. The van der Waals surface area contributed by atoms with Crippen molar-refractivity contribution in [1.82, 2.24) is 9.88 Å². The molecule has 0 saturated carbocycles. The zero-order chi connectivity index (χ0) is 18.0. The number of aromatic nitrogens is 1. The van der Waals surface area contributed by atoms with Crippen molar-refractivity contribution in [3.63, 3.8) is 0 Å². The molecule has 6 nitrogen and oxygen atoms in total. The number of thiazole rings is 1. The number of nitrogens with one attached hydrogen (secondary N) is 1. The summed E-state index contributed by atoms with van der Waals surface area (Å²) < 4.78 is 23.3. The summed E-state index contributed by atoms with van der Waals surface area (Å²) in [4.78, 5) is 18.6. The summed E-state index contributed by atoms with van der Waals surface area (Å²) in [6.07, 6.45) is 2.26. The third kappa shape index (κ3) is 5.12. The average molecular weight is 372 g/mol. The van der Waals surface area contributed by atoms with Crippen LogP contribution < -0.4 is 5.32 Å². The van der Waals surface area contributed by atoms with Gasteiger partial charge in [0.1, 0.15) is 0 Å². The van der Waals surface area contributed by atoms with Crippen LogP contribution in [0.4, 0.5) is 5.13 Å². The Labute approximate surface area is 147 Å². The van der Waals surface area contributed by atoms with E-state index in [4.69, 9.17) is 0 Å². The van der Waals surface area contributed by atoms with Crippen molar-refractivity contribution >= 4 is 32.2 Å². The Bertz CT molecular complexity index is 704. The molecule has 1 atom stereocenters. The van der Waals surface area contributed by atoms with Crippen LogP contribution in [0.1, 0.15) is 32.9 Å². The van der Waals surface area contributed by atoms with Crippen molar-refractivity contribution in [2.24, 2.45) is 0 Å². The maximum absolute atomic E-state index is 12.3. The maximum atomic E-state index is 12.3. The second-order valence-electron chi connectivity index (χ2n) is 7.11. The number of anilines is 1. The highest BCUT2D eigenvalue weighted by Crippen LogP contribution is 2.26. The lowest BCUT2D eigenvalue weighted by atomic mass is 9.93. The molecule has 1 saturated heterocycles. The molecule has 2 heterocycles. The number of hydrogen-bond donors (Lipinski definition) is 1. The van der Waals surface area contributed by atoms with Crippen LogP contribution in [0.15, 0.2) is 18.0 Å². The molecule has 134 valence electrons. The predicted molar refractivity (Wildman–Crippen MR) is 98.3 cm³/mol. The lowest BCUT2D eigenvalue weighted by Gasteiger charge is -2.25. The third-order valence-corrected chi connectivity index (χ3v) is 6.46. The van der Waals surface area contributed by atoms with Gasteiger partial charge in [0, 0.05) is 23.4 Å². The molecule has 2 rings (SSSR count). The van der Waals surface area contributed by atoms with Crippen LogP contribution in [0, 0.1) is 0 Å². The number of amides is 1. The summed E-state index contributed by atoms with van der Waals surface area (Å²) in [7, 11) is -2.98. The highest BCUT2D eigenvalue weighted by Gasteiger charge is 2.32. The molecule has 0 aromatic carbocycles. The number of rotatable bonds is 6. The molecule has 1 aliphatic rings. The van der Waals surface area contributed by atoms with Crippen molar-refractivity contribution in [1.29, 1.82) is 0 Å². The lowest BCUT2D eigenvalue weighted by Crippen LogP contribution is -2.41. The van der Waals surface area contributed by atoms with Crippen LogP contribution in [-0.4, -0.2) is 54.8 Å². The summed E-state index contributed by atoms with van der Waals surface area (Å²) in [5.74, 6) is 0.115. The number of carbonyl (C=O) groups is 1. The molecule has 1 unspecified atom stereocenters. The van der Waals surface area contributed by atoms with Crippen molar-refractivity contribution < 1.29 is 13.2 Å². The second-order valence-corrected chi connectivity index (χ2v) is 10.2.